The van der Waals surface area contributed by atoms with Gasteiger partial charge in [0.1, 0.15) is 12.9 Å². The van der Waals surface area contributed by atoms with Gasteiger partial charge < -0.3 is 20.2 Å². The second-order valence-electron chi connectivity index (χ2n) is 7.98. The summed E-state index contributed by atoms with van der Waals surface area (Å²) >= 11 is 6.42. The number of H-pyrrole nitrogens is 1. The second kappa shape index (κ2) is 12.3. The van der Waals surface area contributed by atoms with E-state index in [-0.39, 0.29) is 12.5 Å². The average molecular weight is 485 g/mol. The third-order valence-electron chi connectivity index (χ3n) is 5.41. The summed E-state index contributed by atoms with van der Waals surface area (Å²) in [5, 5.41) is 13.8. The zero-order chi connectivity index (χ0) is 23.6. The van der Waals surface area contributed by atoms with Crippen LogP contribution in [0.15, 0.2) is 60.7 Å². The molecule has 3 rings (SSSR count). The van der Waals surface area contributed by atoms with E-state index in [1.54, 1.807) is 0 Å². The maximum atomic E-state index is 12.8. The Labute approximate surface area is 202 Å². The fourth-order valence-electron chi connectivity index (χ4n) is 3.67. The van der Waals surface area contributed by atoms with E-state index in [1.165, 1.54) is 11.3 Å². The molecule has 0 saturated carbocycles. The van der Waals surface area contributed by atoms with Crippen molar-refractivity contribution in [2.75, 3.05) is 5.32 Å². The molecule has 0 aliphatic heterocycles. The zero-order valence-corrected chi connectivity index (χ0v) is 20.2. The van der Waals surface area contributed by atoms with Crippen LogP contribution in [-0.2, 0) is 22.6 Å². The number of aldehydes is 1. The first-order chi connectivity index (χ1) is 16.0. The minimum absolute atomic E-state index is 0.0107. The highest BCUT2D eigenvalue weighted by atomic mass is 32.1. The molecule has 33 heavy (non-hydrogen) atoms. The Hall–Kier alpha value is -3.04. The van der Waals surface area contributed by atoms with Gasteiger partial charge in [0, 0.05) is 5.92 Å². The highest BCUT2D eigenvalue weighted by Crippen LogP contribution is 2.23. The fraction of sp³-hybridized carbons (Fsp3) is 0.333. The van der Waals surface area contributed by atoms with Crippen molar-refractivity contribution in [2.24, 2.45) is 11.8 Å². The summed E-state index contributed by atoms with van der Waals surface area (Å²) in [5.41, 5.74) is 2.04. The Bertz CT molecular complexity index is 1070. The molecule has 4 unspecified atom stereocenters. The van der Waals surface area contributed by atoms with Gasteiger partial charge in [0.05, 0.1) is 12.1 Å². The largest absolute Gasteiger partial charge is 0.445 e. The molecule has 0 aliphatic carbocycles. The van der Waals surface area contributed by atoms with E-state index in [9.17, 15) is 9.59 Å². The first-order valence-electron chi connectivity index (χ1n) is 10.7. The number of ether oxygens (including phenoxy) is 1. The lowest BCUT2D eigenvalue weighted by Gasteiger charge is -2.34. The van der Waals surface area contributed by atoms with Crippen molar-refractivity contribution >= 4 is 41.1 Å². The molecule has 9 heteroatoms. The molecule has 0 saturated heterocycles. The molecule has 0 fully saturated rings. The number of benzene rings is 2. The molecule has 7 nitrogen and oxygen atoms in total. The van der Waals surface area contributed by atoms with Crippen molar-refractivity contribution < 1.29 is 14.3 Å². The number of nitrogens with zero attached hydrogens (tertiary/aromatic N) is 1. The maximum absolute atomic E-state index is 12.8. The number of anilines is 1. The number of hydrogen-bond donors (Lipinski definition) is 3. The number of carbonyl (C=O) groups is 2. The average Bonchev–Trinajstić information content (AvgIpc) is 3.25. The lowest BCUT2D eigenvalue weighted by molar-refractivity contribution is -0.111. The number of rotatable bonds is 11. The zero-order valence-electron chi connectivity index (χ0n) is 18.6. The molecule has 174 valence electrons. The van der Waals surface area contributed by atoms with Crippen LogP contribution in [0.5, 0.6) is 0 Å². The van der Waals surface area contributed by atoms with Crippen LogP contribution < -0.4 is 10.6 Å². The summed E-state index contributed by atoms with van der Waals surface area (Å²) in [7, 11) is 0. The number of alkyl carbamates (subject to hydrolysis) is 1. The number of aromatic amines is 1. The third-order valence-corrected chi connectivity index (χ3v) is 6.43. The Balaban J connectivity index is 1.80. The van der Waals surface area contributed by atoms with Crippen molar-refractivity contribution in [2.45, 2.75) is 39.0 Å². The van der Waals surface area contributed by atoms with Gasteiger partial charge in [-0.3, -0.25) is 5.10 Å². The normalized spacial score (nSPS) is 14.5. The lowest BCUT2D eigenvalue weighted by Crippen LogP contribution is -2.54. The Kier molecular flexibility index (Phi) is 9.14. The van der Waals surface area contributed by atoms with Gasteiger partial charge in [0.2, 0.25) is 5.13 Å². The number of amides is 1. The van der Waals surface area contributed by atoms with Gasteiger partial charge in [-0.1, -0.05) is 85.8 Å². The number of hydrogen-bond acceptors (Lipinski definition) is 7. The van der Waals surface area contributed by atoms with Crippen LogP contribution in [0.1, 0.15) is 25.0 Å². The van der Waals surface area contributed by atoms with Crippen LogP contribution >= 0.6 is 23.6 Å². The summed E-state index contributed by atoms with van der Waals surface area (Å²) in [6.07, 6.45) is 1.05. The van der Waals surface area contributed by atoms with Crippen LogP contribution in [0.4, 0.5) is 9.93 Å². The molecule has 0 aliphatic rings. The molecule has 0 bridgehead atoms. The molecule has 0 spiro atoms. The lowest BCUT2D eigenvalue weighted by atomic mass is 9.84. The first-order valence-corrected chi connectivity index (χ1v) is 12.0. The Morgan fingerprint density at radius 1 is 1.09 bits per heavy atom. The van der Waals surface area contributed by atoms with E-state index in [4.69, 9.17) is 17.0 Å². The summed E-state index contributed by atoms with van der Waals surface area (Å²) in [6, 6.07) is 18.7. The highest BCUT2D eigenvalue weighted by molar-refractivity contribution is 7.73. The topological polar surface area (TPSA) is 96.1 Å². The standard InChI is InChI=1S/C24H28N4O3S2/c1-16(13-18-9-5-3-6-10-18)20(26-23(30)31-15-19-11-7-4-8-12-19)21(17(2)14-29)25-22-27-28-24(32)33-22/h3-12,14,16-17,20-21H,13,15H2,1-2H3,(H,25,27)(H,26,30)(H,28,32). The van der Waals surface area contributed by atoms with E-state index in [1.807, 2.05) is 74.5 Å². The number of aromatic nitrogens is 2. The molecule has 2 aromatic carbocycles. The first kappa shape index (κ1) is 24.6. The van der Waals surface area contributed by atoms with Crippen LogP contribution in [0.3, 0.4) is 0 Å². The van der Waals surface area contributed by atoms with Crippen molar-refractivity contribution in [3.63, 3.8) is 0 Å². The predicted octanol–water partition coefficient (Wildman–Crippen LogP) is 4.99. The Morgan fingerprint density at radius 2 is 1.73 bits per heavy atom. The molecule has 3 N–H and O–H groups in total. The molecule has 0 radical (unpaired) electrons. The molecule has 1 amide bonds. The summed E-state index contributed by atoms with van der Waals surface area (Å²) < 4.78 is 6.00. The second-order valence-corrected chi connectivity index (χ2v) is 9.65. The molecule has 4 atom stereocenters. The molecular weight excluding hydrogens is 456 g/mol. The number of nitrogens with one attached hydrogen (secondary N) is 3. The summed E-state index contributed by atoms with van der Waals surface area (Å²) in [4.78, 5) is 24.6. The monoisotopic (exact) mass is 484 g/mol. The molecule has 1 aromatic heterocycles. The minimum Gasteiger partial charge on any atom is -0.445 e. The van der Waals surface area contributed by atoms with Crippen molar-refractivity contribution in [3.8, 4) is 0 Å². The van der Waals surface area contributed by atoms with Gasteiger partial charge in [-0.25, -0.2) is 4.79 Å². The molecular formula is C24H28N4O3S2. The van der Waals surface area contributed by atoms with Crippen LogP contribution in [-0.4, -0.2) is 34.7 Å². The van der Waals surface area contributed by atoms with E-state index in [2.05, 4.69) is 20.8 Å². The van der Waals surface area contributed by atoms with E-state index in [0.717, 1.165) is 17.4 Å². The number of carbonyl (C=O) groups excluding carboxylic acids is 2. The summed E-state index contributed by atoms with van der Waals surface area (Å²) in [6.45, 7) is 4.03. The maximum Gasteiger partial charge on any atom is 0.407 e. The van der Waals surface area contributed by atoms with Gasteiger partial charge in [0.25, 0.3) is 0 Å². The minimum atomic E-state index is -0.539. The van der Waals surface area contributed by atoms with Crippen molar-refractivity contribution in [1.29, 1.82) is 0 Å². The van der Waals surface area contributed by atoms with Gasteiger partial charge in [-0.15, -0.1) is 5.10 Å². The molecule has 1 heterocycles. The van der Waals surface area contributed by atoms with Crippen LogP contribution in [0.2, 0.25) is 0 Å². The van der Waals surface area contributed by atoms with Crippen LogP contribution in [0, 0.1) is 15.8 Å². The Morgan fingerprint density at radius 3 is 2.30 bits per heavy atom. The molecule has 3 aromatic rings. The predicted molar refractivity (Wildman–Crippen MR) is 133 cm³/mol. The van der Waals surface area contributed by atoms with Gasteiger partial charge in [-0.05, 0) is 35.7 Å². The SMILES string of the molecule is CC(C=O)C(Nc1n[nH]c(=S)s1)C(NC(=O)OCc1ccccc1)C(C)Cc1ccccc1. The van der Waals surface area contributed by atoms with E-state index >= 15 is 0 Å². The highest BCUT2D eigenvalue weighted by Gasteiger charge is 2.33. The summed E-state index contributed by atoms with van der Waals surface area (Å²) in [5.74, 6) is -0.413. The van der Waals surface area contributed by atoms with Gasteiger partial charge in [0.15, 0.2) is 3.95 Å². The van der Waals surface area contributed by atoms with Crippen LogP contribution in [0.25, 0.3) is 0 Å². The fourth-order valence-corrected chi connectivity index (χ4v) is 4.50. The smallest absolute Gasteiger partial charge is 0.407 e. The van der Waals surface area contributed by atoms with E-state index < -0.39 is 24.1 Å². The quantitative estimate of drug-likeness (QED) is 0.262. The van der Waals surface area contributed by atoms with Gasteiger partial charge in [-0.2, -0.15) is 0 Å². The van der Waals surface area contributed by atoms with Crippen molar-refractivity contribution in [1.82, 2.24) is 15.5 Å². The van der Waals surface area contributed by atoms with Crippen molar-refractivity contribution in [3.05, 3.63) is 75.7 Å². The van der Waals surface area contributed by atoms with E-state index in [0.29, 0.717) is 15.5 Å². The van der Waals surface area contributed by atoms with Gasteiger partial charge >= 0.3 is 6.09 Å². The third kappa shape index (κ3) is 7.50.